The van der Waals surface area contributed by atoms with Crippen LogP contribution < -0.4 is 9.47 Å². The van der Waals surface area contributed by atoms with Crippen molar-refractivity contribution in [2.45, 2.75) is 13.0 Å². The zero-order valence-electron chi connectivity index (χ0n) is 13.1. The second kappa shape index (κ2) is 7.47. The number of rotatable bonds is 5. The van der Waals surface area contributed by atoms with Gasteiger partial charge in [-0.2, -0.15) is 5.26 Å². The zero-order chi connectivity index (χ0) is 16.8. The highest BCUT2D eigenvalue weighted by molar-refractivity contribution is 5.97. The molecule has 0 fully saturated rings. The van der Waals surface area contributed by atoms with Crippen LogP contribution in [0, 0.1) is 11.3 Å². The van der Waals surface area contributed by atoms with Crippen molar-refractivity contribution in [2.24, 2.45) is 0 Å². The molecule has 6 heteroatoms. The fourth-order valence-electron chi connectivity index (χ4n) is 2.56. The van der Waals surface area contributed by atoms with E-state index in [9.17, 15) is 4.79 Å². The van der Waals surface area contributed by atoms with Crippen LogP contribution in [0.4, 0.5) is 0 Å². The van der Waals surface area contributed by atoms with Gasteiger partial charge in [-0.05, 0) is 23.8 Å². The van der Waals surface area contributed by atoms with E-state index in [0.717, 1.165) is 5.56 Å². The van der Waals surface area contributed by atoms with E-state index < -0.39 is 0 Å². The van der Waals surface area contributed by atoms with Crippen molar-refractivity contribution in [3.8, 4) is 17.6 Å². The van der Waals surface area contributed by atoms with Crippen LogP contribution in [0.15, 0.2) is 42.7 Å². The zero-order valence-corrected chi connectivity index (χ0v) is 13.1. The Hall–Kier alpha value is -3.07. The first-order valence-corrected chi connectivity index (χ1v) is 7.73. The number of nitriles is 1. The number of hydrogen-bond donors (Lipinski definition) is 0. The van der Waals surface area contributed by atoms with Crippen LogP contribution in [0.3, 0.4) is 0 Å². The molecule has 0 atom stereocenters. The molecule has 24 heavy (non-hydrogen) atoms. The van der Waals surface area contributed by atoms with Gasteiger partial charge in [0.1, 0.15) is 13.2 Å². The van der Waals surface area contributed by atoms with Crippen molar-refractivity contribution in [2.75, 3.05) is 19.8 Å². The summed E-state index contributed by atoms with van der Waals surface area (Å²) in [6.45, 7) is 1.62. The van der Waals surface area contributed by atoms with Crippen molar-refractivity contribution in [3.05, 3.63) is 53.9 Å². The largest absolute Gasteiger partial charge is 0.486 e. The lowest BCUT2D eigenvalue weighted by atomic mass is 10.1. The quantitative estimate of drug-likeness (QED) is 0.844. The van der Waals surface area contributed by atoms with Gasteiger partial charge in [0, 0.05) is 25.5 Å². The summed E-state index contributed by atoms with van der Waals surface area (Å²) in [5.41, 5.74) is 1.36. The monoisotopic (exact) mass is 323 g/mol. The minimum Gasteiger partial charge on any atom is -0.486 e. The van der Waals surface area contributed by atoms with Gasteiger partial charge in [0.2, 0.25) is 0 Å². The van der Waals surface area contributed by atoms with Gasteiger partial charge in [0.05, 0.1) is 18.1 Å². The van der Waals surface area contributed by atoms with Crippen molar-refractivity contribution >= 4 is 5.91 Å². The van der Waals surface area contributed by atoms with Gasteiger partial charge in [-0.25, -0.2) is 0 Å². The van der Waals surface area contributed by atoms with Crippen molar-refractivity contribution in [1.29, 1.82) is 5.26 Å². The Bertz CT molecular complexity index is 756. The summed E-state index contributed by atoms with van der Waals surface area (Å²) in [5.74, 6) is 0.868. The Labute approximate surface area is 140 Å². The Morgan fingerprint density at radius 3 is 2.92 bits per heavy atom. The van der Waals surface area contributed by atoms with Crippen LogP contribution >= 0.6 is 0 Å². The SMILES string of the molecule is N#CCCN(Cc1cccnc1)C(=O)c1cccc2c1OCCO2. The lowest BCUT2D eigenvalue weighted by Crippen LogP contribution is -2.32. The Kier molecular flexibility index (Phi) is 4.92. The third-order valence-corrected chi connectivity index (χ3v) is 3.67. The number of pyridine rings is 1. The predicted octanol–water partition coefficient (Wildman–Crippen LogP) is 2.41. The third kappa shape index (κ3) is 3.46. The van der Waals surface area contributed by atoms with Gasteiger partial charge >= 0.3 is 0 Å². The molecule has 1 aliphatic heterocycles. The molecule has 2 aromatic rings. The molecule has 1 aromatic carbocycles. The van der Waals surface area contributed by atoms with Crippen molar-refractivity contribution < 1.29 is 14.3 Å². The number of benzene rings is 1. The summed E-state index contributed by atoms with van der Waals surface area (Å²) in [6, 6.07) is 11.1. The number of amides is 1. The molecule has 0 aliphatic carbocycles. The van der Waals surface area contributed by atoms with Gasteiger partial charge in [0.25, 0.3) is 5.91 Å². The summed E-state index contributed by atoms with van der Waals surface area (Å²) < 4.78 is 11.2. The van der Waals surface area contributed by atoms with Crippen molar-refractivity contribution in [1.82, 2.24) is 9.88 Å². The van der Waals surface area contributed by atoms with Crippen LogP contribution in [0.25, 0.3) is 0 Å². The number of carbonyl (C=O) groups excluding carboxylic acids is 1. The normalized spacial score (nSPS) is 12.3. The molecular weight excluding hydrogens is 306 g/mol. The van der Waals surface area contributed by atoms with E-state index in [-0.39, 0.29) is 12.3 Å². The maximum Gasteiger partial charge on any atom is 0.258 e. The van der Waals surface area contributed by atoms with Crippen LogP contribution in [0.1, 0.15) is 22.3 Å². The van der Waals surface area contributed by atoms with Gasteiger partial charge < -0.3 is 14.4 Å². The van der Waals surface area contributed by atoms with Crippen molar-refractivity contribution in [3.63, 3.8) is 0 Å². The molecule has 0 spiro atoms. The maximum atomic E-state index is 13.0. The first kappa shape index (κ1) is 15.8. The molecular formula is C18H17N3O3. The minimum atomic E-state index is -0.184. The fraction of sp³-hybridized carbons (Fsp3) is 0.278. The van der Waals surface area contributed by atoms with Gasteiger partial charge in [-0.1, -0.05) is 12.1 Å². The van der Waals surface area contributed by atoms with E-state index in [1.165, 1.54) is 0 Å². The lowest BCUT2D eigenvalue weighted by Gasteiger charge is -2.25. The molecule has 122 valence electrons. The standard InChI is InChI=1S/C18H17N3O3/c19-7-3-9-21(13-14-4-2-8-20-12-14)18(22)15-5-1-6-16-17(15)24-11-10-23-16/h1-2,4-6,8,12H,3,9-11,13H2. The molecule has 2 heterocycles. The maximum absolute atomic E-state index is 13.0. The second-order valence-electron chi connectivity index (χ2n) is 5.33. The number of ether oxygens (including phenoxy) is 2. The highest BCUT2D eigenvalue weighted by Crippen LogP contribution is 2.34. The van der Waals surface area contributed by atoms with Crippen LogP contribution in [-0.2, 0) is 6.54 Å². The number of carbonyl (C=O) groups is 1. The number of para-hydroxylation sites is 1. The molecule has 0 saturated heterocycles. The molecule has 0 saturated carbocycles. The second-order valence-corrected chi connectivity index (χ2v) is 5.33. The molecule has 1 aliphatic rings. The Morgan fingerprint density at radius 1 is 1.25 bits per heavy atom. The molecule has 6 nitrogen and oxygen atoms in total. The average molecular weight is 323 g/mol. The number of hydrogen-bond acceptors (Lipinski definition) is 5. The summed E-state index contributed by atoms with van der Waals surface area (Å²) in [6.07, 6.45) is 3.66. The van der Waals surface area contributed by atoms with E-state index in [4.69, 9.17) is 14.7 Å². The van der Waals surface area contributed by atoms with E-state index in [2.05, 4.69) is 11.1 Å². The number of nitrogens with zero attached hydrogens (tertiary/aromatic N) is 3. The third-order valence-electron chi connectivity index (χ3n) is 3.67. The topological polar surface area (TPSA) is 75.5 Å². The molecule has 0 unspecified atom stereocenters. The molecule has 0 N–H and O–H groups in total. The van der Waals surface area contributed by atoms with E-state index in [1.807, 2.05) is 12.1 Å². The van der Waals surface area contributed by atoms with E-state index in [1.54, 1.807) is 35.5 Å². The van der Waals surface area contributed by atoms with Crippen LogP contribution in [0.5, 0.6) is 11.5 Å². The highest BCUT2D eigenvalue weighted by atomic mass is 16.6. The smallest absolute Gasteiger partial charge is 0.258 e. The fourth-order valence-corrected chi connectivity index (χ4v) is 2.56. The molecule has 1 aromatic heterocycles. The van der Waals surface area contributed by atoms with E-state index in [0.29, 0.717) is 43.4 Å². The number of fused-ring (bicyclic) bond motifs is 1. The van der Waals surface area contributed by atoms with E-state index >= 15 is 0 Å². The van der Waals surface area contributed by atoms with Gasteiger partial charge in [0.15, 0.2) is 11.5 Å². The van der Waals surface area contributed by atoms with Gasteiger partial charge in [-0.15, -0.1) is 0 Å². The summed E-state index contributed by atoms with van der Waals surface area (Å²) in [4.78, 5) is 18.7. The predicted molar refractivity (Wildman–Crippen MR) is 86.6 cm³/mol. The molecule has 0 bridgehead atoms. The molecule has 0 radical (unpaired) electrons. The Balaban J connectivity index is 1.87. The summed E-state index contributed by atoms with van der Waals surface area (Å²) >= 11 is 0. The minimum absolute atomic E-state index is 0.184. The average Bonchev–Trinajstić information content (AvgIpc) is 2.65. The molecule has 1 amide bonds. The van der Waals surface area contributed by atoms with Gasteiger partial charge in [-0.3, -0.25) is 9.78 Å². The molecule has 3 rings (SSSR count). The number of aromatic nitrogens is 1. The van der Waals surface area contributed by atoms with Crippen LogP contribution in [0.2, 0.25) is 0 Å². The van der Waals surface area contributed by atoms with Crippen LogP contribution in [-0.4, -0.2) is 35.5 Å². The Morgan fingerprint density at radius 2 is 2.12 bits per heavy atom. The summed E-state index contributed by atoms with van der Waals surface area (Å²) in [5, 5.41) is 8.88. The first-order valence-electron chi connectivity index (χ1n) is 7.73. The highest BCUT2D eigenvalue weighted by Gasteiger charge is 2.24. The summed E-state index contributed by atoms with van der Waals surface area (Å²) in [7, 11) is 0. The first-order chi connectivity index (χ1) is 11.8. The lowest BCUT2D eigenvalue weighted by molar-refractivity contribution is 0.0736.